The summed E-state index contributed by atoms with van der Waals surface area (Å²) in [5, 5.41) is 0. The highest BCUT2D eigenvalue weighted by atomic mass is 79.9. The van der Waals surface area contributed by atoms with Crippen molar-refractivity contribution in [3.63, 3.8) is 0 Å². The van der Waals surface area contributed by atoms with Crippen molar-refractivity contribution in [1.29, 1.82) is 0 Å². The maximum atomic E-state index is 3.70. The lowest BCUT2D eigenvalue weighted by molar-refractivity contribution is 1.63. The minimum atomic E-state index is 1.19. The third kappa shape index (κ3) is 1.99. The lowest BCUT2D eigenvalue weighted by Crippen LogP contribution is -1.88. The van der Waals surface area contributed by atoms with Crippen molar-refractivity contribution in [3.05, 3.63) is 89.1 Å². The molecule has 0 spiro atoms. The van der Waals surface area contributed by atoms with Gasteiger partial charge in [-0.3, -0.25) is 0 Å². The first-order valence-electron chi connectivity index (χ1n) is 8.25. The van der Waals surface area contributed by atoms with E-state index in [1.807, 2.05) is 22.7 Å². The third-order valence-electron chi connectivity index (χ3n) is 5.08. The maximum absolute atomic E-state index is 3.70. The Balaban J connectivity index is 1.81. The summed E-state index contributed by atoms with van der Waals surface area (Å²) in [6.45, 7) is 0. The van der Waals surface area contributed by atoms with Crippen LogP contribution >= 0.6 is 54.5 Å². The van der Waals surface area contributed by atoms with E-state index >= 15 is 0 Å². The zero-order chi connectivity index (χ0) is 17.4. The van der Waals surface area contributed by atoms with Crippen LogP contribution in [0.2, 0.25) is 0 Å². The first kappa shape index (κ1) is 15.6. The Kier molecular flexibility index (Phi) is 3.31. The van der Waals surface area contributed by atoms with Crippen LogP contribution in [0.5, 0.6) is 0 Å². The molecule has 4 heteroatoms. The van der Waals surface area contributed by atoms with Crippen LogP contribution in [-0.4, -0.2) is 0 Å². The summed E-state index contributed by atoms with van der Waals surface area (Å²) in [6, 6.07) is 22.1. The fraction of sp³-hybridized carbons (Fsp3) is 0. The Labute approximate surface area is 176 Å². The van der Waals surface area contributed by atoms with Gasteiger partial charge in [0.25, 0.3) is 0 Å². The van der Waals surface area contributed by atoms with Crippen molar-refractivity contribution in [2.45, 2.75) is 0 Å². The van der Waals surface area contributed by atoms with E-state index in [4.69, 9.17) is 0 Å². The van der Waals surface area contributed by atoms with Gasteiger partial charge >= 0.3 is 0 Å². The molecule has 124 valence electrons. The largest absolute Gasteiger partial charge is 0.128 e. The van der Waals surface area contributed by atoms with Crippen LogP contribution in [0, 0.1) is 0 Å². The highest BCUT2D eigenvalue weighted by Crippen LogP contribution is 2.58. The molecule has 0 aliphatic heterocycles. The smallest absolute Gasteiger partial charge is 0.0711 e. The Morgan fingerprint density at radius 2 is 0.885 bits per heavy atom. The zero-order valence-corrected chi connectivity index (χ0v) is 18.2. The summed E-state index contributed by atoms with van der Waals surface area (Å²) < 4.78 is 2.38. The topological polar surface area (TPSA) is 0 Å². The van der Waals surface area contributed by atoms with Crippen molar-refractivity contribution in [3.8, 4) is 22.3 Å². The van der Waals surface area contributed by atoms with E-state index in [2.05, 4.69) is 92.5 Å². The zero-order valence-electron chi connectivity index (χ0n) is 13.3. The SMILES string of the molecule is Brc1cc2c(s1)/C(=C1\c3ccccc3-c3cc(Br)sc31)c1ccccc1-2. The van der Waals surface area contributed by atoms with Gasteiger partial charge in [-0.1, -0.05) is 48.5 Å². The lowest BCUT2D eigenvalue weighted by Gasteiger charge is -2.09. The molecule has 0 amide bonds. The van der Waals surface area contributed by atoms with Crippen molar-refractivity contribution in [1.82, 2.24) is 0 Å². The van der Waals surface area contributed by atoms with Crippen LogP contribution in [0.1, 0.15) is 20.9 Å². The molecule has 2 aromatic heterocycles. The molecule has 0 saturated heterocycles. The second kappa shape index (κ2) is 5.52. The lowest BCUT2D eigenvalue weighted by atomic mass is 9.97. The molecule has 0 radical (unpaired) electrons. The van der Waals surface area contributed by atoms with Crippen molar-refractivity contribution in [2.24, 2.45) is 0 Å². The Morgan fingerprint density at radius 3 is 1.31 bits per heavy atom. The van der Waals surface area contributed by atoms with E-state index in [0.29, 0.717) is 0 Å². The molecule has 0 nitrogen and oxygen atoms in total. The predicted molar refractivity (Wildman–Crippen MR) is 120 cm³/mol. The molecule has 0 saturated carbocycles. The Hall–Kier alpha value is -1.46. The van der Waals surface area contributed by atoms with Crippen molar-refractivity contribution >= 4 is 65.7 Å². The first-order chi connectivity index (χ1) is 12.7. The highest BCUT2D eigenvalue weighted by Gasteiger charge is 2.34. The van der Waals surface area contributed by atoms with Gasteiger partial charge in [0.2, 0.25) is 0 Å². The van der Waals surface area contributed by atoms with E-state index < -0.39 is 0 Å². The average Bonchev–Trinajstić information content (AvgIpc) is 3.34. The van der Waals surface area contributed by atoms with Gasteiger partial charge in [0.15, 0.2) is 0 Å². The quantitative estimate of drug-likeness (QED) is 0.198. The van der Waals surface area contributed by atoms with Crippen LogP contribution < -0.4 is 0 Å². The van der Waals surface area contributed by atoms with Crippen molar-refractivity contribution < 1.29 is 0 Å². The Morgan fingerprint density at radius 1 is 0.500 bits per heavy atom. The van der Waals surface area contributed by atoms with Gasteiger partial charge in [0.1, 0.15) is 0 Å². The van der Waals surface area contributed by atoms with Gasteiger partial charge < -0.3 is 0 Å². The molecule has 6 rings (SSSR count). The number of rotatable bonds is 0. The molecule has 2 aliphatic carbocycles. The number of fused-ring (bicyclic) bond motifs is 6. The minimum absolute atomic E-state index is 1.19. The fourth-order valence-corrected chi connectivity index (χ4v) is 7.46. The van der Waals surface area contributed by atoms with Crippen molar-refractivity contribution in [2.75, 3.05) is 0 Å². The number of benzene rings is 2. The molecule has 2 aromatic carbocycles. The average molecular weight is 498 g/mol. The van der Waals surface area contributed by atoms with E-state index in [1.54, 1.807) is 0 Å². The van der Waals surface area contributed by atoms with E-state index in [-0.39, 0.29) is 0 Å². The van der Waals surface area contributed by atoms with E-state index in [1.165, 1.54) is 61.9 Å². The summed E-state index contributed by atoms with van der Waals surface area (Å²) in [4.78, 5) is 2.75. The van der Waals surface area contributed by atoms with Crippen LogP contribution in [0.4, 0.5) is 0 Å². The fourth-order valence-electron chi connectivity index (χ4n) is 4.11. The number of hydrogen-bond donors (Lipinski definition) is 0. The molecular weight excluding hydrogens is 488 g/mol. The summed E-state index contributed by atoms with van der Waals surface area (Å²) in [5.41, 5.74) is 10.8. The van der Waals surface area contributed by atoms with Crippen LogP contribution in [0.25, 0.3) is 33.4 Å². The molecule has 0 bridgehead atoms. The highest BCUT2D eigenvalue weighted by molar-refractivity contribution is 9.11. The third-order valence-corrected chi connectivity index (χ3v) is 8.39. The summed E-state index contributed by atoms with van der Waals surface area (Å²) in [5.74, 6) is 0. The molecule has 2 heterocycles. The van der Waals surface area contributed by atoms with Gasteiger partial charge in [0.05, 0.1) is 7.57 Å². The molecule has 4 aromatic rings. The molecule has 0 atom stereocenters. The molecule has 26 heavy (non-hydrogen) atoms. The number of thiophene rings is 2. The van der Waals surface area contributed by atoms with Crippen LogP contribution in [0.3, 0.4) is 0 Å². The van der Waals surface area contributed by atoms with Gasteiger partial charge in [-0.05, 0) is 66.2 Å². The molecular formula is C22H10Br2S2. The van der Waals surface area contributed by atoms with Gasteiger partial charge in [0, 0.05) is 32.0 Å². The maximum Gasteiger partial charge on any atom is 0.0711 e. The monoisotopic (exact) mass is 496 g/mol. The minimum Gasteiger partial charge on any atom is -0.128 e. The second-order valence-corrected chi connectivity index (χ2v) is 11.3. The van der Waals surface area contributed by atoms with E-state index in [0.717, 1.165) is 0 Å². The van der Waals surface area contributed by atoms with Crippen LogP contribution in [-0.2, 0) is 0 Å². The first-order valence-corrected chi connectivity index (χ1v) is 11.5. The van der Waals surface area contributed by atoms with Gasteiger partial charge in [-0.15, -0.1) is 22.7 Å². The predicted octanol–water partition coefficient (Wildman–Crippen LogP) is 8.30. The van der Waals surface area contributed by atoms with Crippen LogP contribution in [0.15, 0.2) is 68.2 Å². The number of hydrogen-bond acceptors (Lipinski definition) is 2. The summed E-state index contributed by atoms with van der Waals surface area (Å²) in [7, 11) is 0. The van der Waals surface area contributed by atoms with Gasteiger partial charge in [-0.25, -0.2) is 0 Å². The molecule has 0 unspecified atom stereocenters. The summed E-state index contributed by atoms with van der Waals surface area (Å²) in [6.07, 6.45) is 0. The Bertz CT molecular complexity index is 1160. The van der Waals surface area contributed by atoms with E-state index in [9.17, 15) is 0 Å². The number of halogens is 2. The molecule has 0 N–H and O–H groups in total. The molecule has 0 fully saturated rings. The van der Waals surface area contributed by atoms with Gasteiger partial charge in [-0.2, -0.15) is 0 Å². The molecule has 2 aliphatic rings. The summed E-state index contributed by atoms with van der Waals surface area (Å²) >= 11 is 11.1. The normalized spacial score (nSPS) is 16.4. The second-order valence-electron chi connectivity index (χ2n) is 6.43. The standard InChI is InChI=1S/C22H10Br2S2/c23-17-9-15-11-5-1-3-7-13(11)19(21(15)25-17)20-14-8-4-2-6-12(14)16-10-18(24)26-22(16)20/h1-10H/b20-19+.